The molecule has 2 heterocycles. The van der Waals surface area contributed by atoms with E-state index in [0.717, 1.165) is 60.6 Å². The third-order valence-corrected chi connectivity index (χ3v) is 7.73. The number of anilines is 1. The van der Waals surface area contributed by atoms with Crippen molar-refractivity contribution in [3.05, 3.63) is 95.1 Å². The van der Waals surface area contributed by atoms with Gasteiger partial charge in [0.25, 0.3) is 5.91 Å². The molecule has 2 aliphatic heterocycles. The van der Waals surface area contributed by atoms with Crippen LogP contribution in [0, 0.1) is 6.92 Å². The summed E-state index contributed by atoms with van der Waals surface area (Å²) in [6.07, 6.45) is 0.188. The molecule has 2 saturated heterocycles. The maximum absolute atomic E-state index is 13.5. The number of hydrogen-bond donors (Lipinski definition) is 1. The summed E-state index contributed by atoms with van der Waals surface area (Å²) in [5, 5.41) is 0. The maximum Gasteiger partial charge on any atom is 0.257 e. The van der Waals surface area contributed by atoms with Crippen LogP contribution in [0.25, 0.3) is 16.7 Å². The number of hydrogen-bond acceptors (Lipinski definition) is 3. The highest BCUT2D eigenvalue weighted by molar-refractivity contribution is 6.21. The van der Waals surface area contributed by atoms with Gasteiger partial charge in [-0.3, -0.25) is 14.5 Å². The molecule has 0 spiro atoms. The van der Waals surface area contributed by atoms with E-state index in [4.69, 9.17) is 0 Å². The Morgan fingerprint density at radius 2 is 1.34 bits per heavy atom. The molecule has 0 aromatic heterocycles. The number of carbonyl (C=O) groups excluding carboxylic acids is 2. The van der Waals surface area contributed by atoms with E-state index in [2.05, 4.69) is 60.4 Å². The SMILES string of the molecule is Cc1ccccc1N1CC[NH+](CCN2C(=O)CC(=C3c4ccccc4-c4ccccc43)C2=O)CC1. The van der Waals surface area contributed by atoms with Gasteiger partial charge in [0.15, 0.2) is 0 Å². The molecule has 3 aromatic carbocycles. The number of nitrogens with zero attached hydrogens (tertiary/aromatic N) is 2. The highest BCUT2D eigenvalue weighted by Gasteiger charge is 2.39. The molecule has 1 N–H and O–H groups in total. The van der Waals surface area contributed by atoms with Gasteiger partial charge in [0, 0.05) is 11.3 Å². The molecule has 0 atom stereocenters. The third kappa shape index (κ3) is 3.76. The van der Waals surface area contributed by atoms with Crippen LogP contribution in [0.4, 0.5) is 5.69 Å². The van der Waals surface area contributed by atoms with E-state index in [9.17, 15) is 9.59 Å². The minimum absolute atomic E-state index is 0.0719. The summed E-state index contributed by atoms with van der Waals surface area (Å²) in [5.74, 6) is -0.188. The van der Waals surface area contributed by atoms with Gasteiger partial charge < -0.3 is 9.80 Å². The molecule has 5 nitrogen and oxygen atoms in total. The van der Waals surface area contributed by atoms with Crippen molar-refractivity contribution in [2.45, 2.75) is 13.3 Å². The van der Waals surface area contributed by atoms with Crippen molar-refractivity contribution in [2.75, 3.05) is 44.2 Å². The summed E-state index contributed by atoms with van der Waals surface area (Å²) in [6.45, 7) is 7.45. The van der Waals surface area contributed by atoms with E-state index >= 15 is 0 Å². The number of carbonyl (C=O) groups is 2. The molecule has 2 fully saturated rings. The molecule has 1 aliphatic carbocycles. The second kappa shape index (κ2) is 8.82. The lowest BCUT2D eigenvalue weighted by Gasteiger charge is -2.34. The van der Waals surface area contributed by atoms with Gasteiger partial charge >= 0.3 is 0 Å². The molecular weight excluding hydrogens is 434 g/mol. The number of rotatable bonds is 4. The number of quaternary nitrogens is 1. The van der Waals surface area contributed by atoms with Gasteiger partial charge in [-0.15, -0.1) is 0 Å². The fraction of sp³-hybridized carbons (Fsp3) is 0.267. The number of likely N-dealkylation sites (tertiary alicyclic amines) is 1. The zero-order chi connectivity index (χ0) is 23.9. The number of para-hydroxylation sites is 1. The Morgan fingerprint density at radius 1 is 0.771 bits per heavy atom. The van der Waals surface area contributed by atoms with Crippen LogP contribution in [-0.4, -0.2) is 56.0 Å². The zero-order valence-electron chi connectivity index (χ0n) is 20.1. The predicted octanol–water partition coefficient (Wildman–Crippen LogP) is 2.94. The quantitative estimate of drug-likeness (QED) is 0.373. The van der Waals surface area contributed by atoms with Crippen LogP contribution in [-0.2, 0) is 9.59 Å². The zero-order valence-corrected chi connectivity index (χ0v) is 20.1. The van der Waals surface area contributed by atoms with Crippen molar-refractivity contribution in [3.8, 4) is 11.1 Å². The minimum Gasteiger partial charge on any atom is -0.360 e. The number of piperazine rings is 1. The van der Waals surface area contributed by atoms with Crippen LogP contribution >= 0.6 is 0 Å². The molecular formula is C30H30N3O2+. The molecule has 0 radical (unpaired) electrons. The van der Waals surface area contributed by atoms with Crippen molar-refractivity contribution in [1.29, 1.82) is 0 Å². The maximum atomic E-state index is 13.5. The number of amides is 2. The van der Waals surface area contributed by atoms with Gasteiger partial charge in [0.2, 0.25) is 5.91 Å². The summed E-state index contributed by atoms with van der Waals surface area (Å²) in [4.78, 5) is 31.9. The van der Waals surface area contributed by atoms with Gasteiger partial charge in [0.05, 0.1) is 45.7 Å². The molecule has 0 unspecified atom stereocenters. The van der Waals surface area contributed by atoms with Crippen LogP contribution in [0.5, 0.6) is 0 Å². The van der Waals surface area contributed by atoms with Crippen LogP contribution < -0.4 is 9.80 Å². The minimum atomic E-state index is -0.116. The molecule has 0 saturated carbocycles. The first kappa shape index (κ1) is 21.8. The third-order valence-electron chi connectivity index (χ3n) is 7.73. The first-order valence-corrected chi connectivity index (χ1v) is 12.5. The summed E-state index contributed by atoms with van der Waals surface area (Å²) in [7, 11) is 0. The monoisotopic (exact) mass is 464 g/mol. The van der Waals surface area contributed by atoms with Crippen LogP contribution in [0.2, 0.25) is 0 Å². The Morgan fingerprint density at radius 3 is 1.97 bits per heavy atom. The summed E-state index contributed by atoms with van der Waals surface area (Å²) < 4.78 is 0. The Labute approximate surface area is 206 Å². The molecule has 35 heavy (non-hydrogen) atoms. The Balaban J connectivity index is 1.17. The van der Waals surface area contributed by atoms with Crippen molar-refractivity contribution >= 4 is 23.1 Å². The molecule has 0 bridgehead atoms. The first-order chi connectivity index (χ1) is 17.1. The molecule has 2 amide bonds. The topological polar surface area (TPSA) is 45.1 Å². The largest absolute Gasteiger partial charge is 0.360 e. The number of benzene rings is 3. The van der Waals surface area contributed by atoms with Gasteiger partial charge in [-0.25, -0.2) is 0 Å². The summed E-state index contributed by atoms with van der Waals surface area (Å²) >= 11 is 0. The van der Waals surface area contributed by atoms with E-state index < -0.39 is 0 Å². The number of imide groups is 1. The lowest BCUT2D eigenvalue weighted by molar-refractivity contribution is -0.899. The van der Waals surface area contributed by atoms with E-state index in [0.29, 0.717) is 12.1 Å². The van der Waals surface area contributed by atoms with E-state index in [-0.39, 0.29) is 18.2 Å². The van der Waals surface area contributed by atoms with Gasteiger partial charge in [-0.1, -0.05) is 66.7 Å². The summed E-state index contributed by atoms with van der Waals surface area (Å²) in [5.41, 5.74) is 8.60. The molecule has 6 rings (SSSR count). The number of nitrogens with one attached hydrogen (secondary N) is 1. The van der Waals surface area contributed by atoms with Crippen molar-refractivity contribution in [3.63, 3.8) is 0 Å². The van der Waals surface area contributed by atoms with Crippen LogP contribution in [0.1, 0.15) is 23.1 Å². The van der Waals surface area contributed by atoms with Crippen LogP contribution in [0.3, 0.4) is 0 Å². The second-order valence-electron chi connectivity index (χ2n) is 9.75. The molecule has 3 aromatic rings. The fourth-order valence-electron chi connectivity index (χ4n) is 5.86. The average Bonchev–Trinajstić information content (AvgIpc) is 3.36. The average molecular weight is 465 g/mol. The van der Waals surface area contributed by atoms with E-state index in [1.54, 1.807) is 0 Å². The standard InChI is InChI=1S/C30H29N3O2/c1-21-8-2-7-13-27(21)32-17-14-31(15-18-32)16-19-33-28(34)20-26(30(33)35)29-24-11-5-3-9-22(24)23-10-4-6-12-25(23)29/h2-13H,14-20H2,1H3/p+1. The number of aryl methyl sites for hydroxylation is 1. The fourth-order valence-corrected chi connectivity index (χ4v) is 5.86. The van der Waals surface area contributed by atoms with Gasteiger partial charge in [0.1, 0.15) is 0 Å². The Kier molecular flexibility index (Phi) is 5.50. The first-order valence-electron chi connectivity index (χ1n) is 12.5. The van der Waals surface area contributed by atoms with Crippen molar-refractivity contribution < 1.29 is 14.5 Å². The van der Waals surface area contributed by atoms with Crippen LogP contribution in [0.15, 0.2) is 78.4 Å². The molecule has 5 heteroatoms. The summed E-state index contributed by atoms with van der Waals surface area (Å²) in [6, 6.07) is 24.9. The van der Waals surface area contributed by atoms with Crippen molar-refractivity contribution in [1.82, 2.24) is 4.90 Å². The van der Waals surface area contributed by atoms with Crippen molar-refractivity contribution in [2.24, 2.45) is 0 Å². The lowest BCUT2D eigenvalue weighted by Crippen LogP contribution is -3.15. The van der Waals surface area contributed by atoms with E-state index in [1.165, 1.54) is 21.1 Å². The molecule has 3 aliphatic rings. The number of fused-ring (bicyclic) bond motifs is 3. The smallest absolute Gasteiger partial charge is 0.257 e. The normalized spacial score (nSPS) is 17.9. The second-order valence-corrected chi connectivity index (χ2v) is 9.75. The van der Waals surface area contributed by atoms with E-state index in [1.807, 2.05) is 24.3 Å². The highest BCUT2D eigenvalue weighted by atomic mass is 16.2. The predicted molar refractivity (Wildman–Crippen MR) is 138 cm³/mol. The van der Waals surface area contributed by atoms with Gasteiger partial charge in [-0.05, 0) is 46.4 Å². The molecule has 176 valence electrons. The van der Waals surface area contributed by atoms with Gasteiger partial charge in [-0.2, -0.15) is 0 Å². The highest BCUT2D eigenvalue weighted by Crippen LogP contribution is 2.47. The lowest BCUT2D eigenvalue weighted by atomic mass is 9.97. The Hall–Kier alpha value is -3.70. The Bertz CT molecular complexity index is 1300.